The number of carbonyl (C=O) groups excluding carboxylic acids is 1. The highest BCUT2D eigenvalue weighted by Gasteiger charge is 2.41. The SMILES string of the molecule is O=C(O)[C@@H]1CN(C(=O)OCc2ccccc2)C[C@H]1c1cccc(F)c1. The van der Waals surface area contributed by atoms with Crippen molar-refractivity contribution < 1.29 is 23.8 Å². The van der Waals surface area contributed by atoms with Gasteiger partial charge in [-0.25, -0.2) is 9.18 Å². The number of carbonyl (C=O) groups is 2. The van der Waals surface area contributed by atoms with Gasteiger partial charge in [-0.2, -0.15) is 0 Å². The zero-order valence-electron chi connectivity index (χ0n) is 13.5. The summed E-state index contributed by atoms with van der Waals surface area (Å²) in [4.78, 5) is 25.2. The van der Waals surface area contributed by atoms with Crippen LogP contribution in [-0.2, 0) is 16.1 Å². The number of benzene rings is 2. The number of amides is 1. The zero-order chi connectivity index (χ0) is 17.8. The van der Waals surface area contributed by atoms with E-state index in [9.17, 15) is 19.1 Å². The van der Waals surface area contributed by atoms with E-state index in [4.69, 9.17) is 4.74 Å². The Bertz CT molecular complexity index is 765. The lowest BCUT2D eigenvalue weighted by atomic mass is 9.89. The molecule has 25 heavy (non-hydrogen) atoms. The third-order valence-corrected chi connectivity index (χ3v) is 4.38. The summed E-state index contributed by atoms with van der Waals surface area (Å²) < 4.78 is 18.7. The second kappa shape index (κ2) is 7.34. The fourth-order valence-electron chi connectivity index (χ4n) is 3.09. The smallest absolute Gasteiger partial charge is 0.410 e. The topological polar surface area (TPSA) is 66.8 Å². The van der Waals surface area contributed by atoms with Crippen molar-refractivity contribution in [1.29, 1.82) is 0 Å². The summed E-state index contributed by atoms with van der Waals surface area (Å²) in [7, 11) is 0. The quantitative estimate of drug-likeness (QED) is 0.925. The highest BCUT2D eigenvalue weighted by atomic mass is 19.1. The van der Waals surface area contributed by atoms with Crippen LogP contribution in [0.15, 0.2) is 54.6 Å². The van der Waals surface area contributed by atoms with Gasteiger partial charge in [-0.3, -0.25) is 4.79 Å². The second-order valence-electron chi connectivity index (χ2n) is 6.05. The molecule has 3 rings (SSSR count). The Balaban J connectivity index is 1.69. The van der Waals surface area contributed by atoms with Crippen LogP contribution in [0.1, 0.15) is 17.0 Å². The van der Waals surface area contributed by atoms with Gasteiger partial charge in [-0.15, -0.1) is 0 Å². The maximum Gasteiger partial charge on any atom is 0.410 e. The van der Waals surface area contributed by atoms with E-state index in [1.54, 1.807) is 12.1 Å². The van der Waals surface area contributed by atoms with Crippen molar-refractivity contribution >= 4 is 12.1 Å². The van der Waals surface area contributed by atoms with Crippen LogP contribution in [0.4, 0.5) is 9.18 Å². The summed E-state index contributed by atoms with van der Waals surface area (Å²) in [5, 5.41) is 9.45. The van der Waals surface area contributed by atoms with Crippen molar-refractivity contribution in [3.8, 4) is 0 Å². The van der Waals surface area contributed by atoms with Crippen molar-refractivity contribution in [3.05, 3.63) is 71.5 Å². The first-order valence-electron chi connectivity index (χ1n) is 7.98. The number of likely N-dealkylation sites (tertiary alicyclic amines) is 1. The molecule has 0 spiro atoms. The molecule has 2 aromatic rings. The van der Waals surface area contributed by atoms with Gasteiger partial charge in [0.05, 0.1) is 5.92 Å². The van der Waals surface area contributed by atoms with E-state index < -0.39 is 29.7 Å². The molecule has 2 aromatic carbocycles. The Kier molecular flexibility index (Phi) is 4.97. The van der Waals surface area contributed by atoms with Crippen LogP contribution in [0.3, 0.4) is 0 Å². The van der Waals surface area contributed by atoms with Crippen molar-refractivity contribution in [2.24, 2.45) is 5.92 Å². The van der Waals surface area contributed by atoms with Crippen LogP contribution in [0, 0.1) is 11.7 Å². The van der Waals surface area contributed by atoms with Crippen LogP contribution in [0.5, 0.6) is 0 Å². The van der Waals surface area contributed by atoms with Crippen molar-refractivity contribution in [1.82, 2.24) is 4.90 Å². The van der Waals surface area contributed by atoms with E-state index in [-0.39, 0.29) is 19.7 Å². The lowest BCUT2D eigenvalue weighted by Crippen LogP contribution is -2.30. The number of hydrogen-bond donors (Lipinski definition) is 1. The maximum atomic E-state index is 13.5. The van der Waals surface area contributed by atoms with Gasteiger partial charge in [-0.05, 0) is 23.3 Å². The third kappa shape index (κ3) is 3.96. The van der Waals surface area contributed by atoms with Crippen LogP contribution in [-0.4, -0.2) is 35.2 Å². The first kappa shape index (κ1) is 17.0. The zero-order valence-corrected chi connectivity index (χ0v) is 13.5. The normalized spacial score (nSPS) is 19.6. The minimum Gasteiger partial charge on any atom is -0.481 e. The number of rotatable bonds is 4. The average molecular weight is 343 g/mol. The number of hydrogen-bond acceptors (Lipinski definition) is 3. The highest BCUT2D eigenvalue weighted by molar-refractivity contribution is 5.75. The van der Waals surface area contributed by atoms with Crippen LogP contribution < -0.4 is 0 Å². The molecule has 0 radical (unpaired) electrons. The van der Waals surface area contributed by atoms with Gasteiger partial charge < -0.3 is 14.7 Å². The molecule has 0 aliphatic carbocycles. The predicted octanol–water partition coefficient (Wildman–Crippen LogP) is 3.26. The van der Waals surface area contributed by atoms with E-state index in [0.29, 0.717) is 5.56 Å². The Labute approximate surface area is 144 Å². The molecule has 1 heterocycles. The number of halogens is 1. The predicted molar refractivity (Wildman–Crippen MR) is 88.5 cm³/mol. The Morgan fingerprint density at radius 1 is 1.12 bits per heavy atom. The summed E-state index contributed by atoms with van der Waals surface area (Å²) in [5.41, 5.74) is 1.43. The molecule has 0 saturated carbocycles. The molecule has 2 atom stereocenters. The highest BCUT2D eigenvalue weighted by Crippen LogP contribution is 2.33. The molecule has 0 bridgehead atoms. The van der Waals surface area contributed by atoms with E-state index in [2.05, 4.69) is 0 Å². The summed E-state index contributed by atoms with van der Waals surface area (Å²) >= 11 is 0. The number of ether oxygens (including phenoxy) is 1. The van der Waals surface area contributed by atoms with Gasteiger partial charge >= 0.3 is 12.1 Å². The number of carboxylic acids is 1. The molecule has 1 N–H and O–H groups in total. The number of nitrogens with zero attached hydrogens (tertiary/aromatic N) is 1. The minimum absolute atomic E-state index is 0.0458. The van der Waals surface area contributed by atoms with Crippen LogP contribution in [0.2, 0.25) is 0 Å². The molecule has 5 nitrogen and oxygen atoms in total. The van der Waals surface area contributed by atoms with Gasteiger partial charge in [0.15, 0.2) is 0 Å². The van der Waals surface area contributed by atoms with Gasteiger partial charge in [0.1, 0.15) is 12.4 Å². The fraction of sp³-hybridized carbons (Fsp3) is 0.263. The molecule has 1 aliphatic rings. The first-order chi connectivity index (χ1) is 12.0. The Morgan fingerprint density at radius 2 is 1.88 bits per heavy atom. The molecular formula is C19H18FNO4. The van der Waals surface area contributed by atoms with Gasteiger partial charge in [0.25, 0.3) is 0 Å². The van der Waals surface area contributed by atoms with Gasteiger partial charge in [0, 0.05) is 19.0 Å². The van der Waals surface area contributed by atoms with E-state index >= 15 is 0 Å². The Morgan fingerprint density at radius 3 is 2.56 bits per heavy atom. The van der Waals surface area contributed by atoms with Crippen molar-refractivity contribution in [2.45, 2.75) is 12.5 Å². The average Bonchev–Trinajstić information content (AvgIpc) is 3.06. The maximum absolute atomic E-state index is 13.5. The molecule has 0 unspecified atom stereocenters. The number of carboxylic acid groups (broad SMARTS) is 1. The van der Waals surface area contributed by atoms with Crippen LogP contribution >= 0.6 is 0 Å². The van der Waals surface area contributed by atoms with Gasteiger partial charge in [0.2, 0.25) is 0 Å². The minimum atomic E-state index is -1.01. The number of aliphatic carboxylic acids is 1. The molecule has 130 valence electrons. The summed E-state index contributed by atoms with van der Waals surface area (Å²) in [5.74, 6) is -2.68. The summed E-state index contributed by atoms with van der Waals surface area (Å²) in [6.45, 7) is 0.358. The van der Waals surface area contributed by atoms with Crippen molar-refractivity contribution in [3.63, 3.8) is 0 Å². The van der Waals surface area contributed by atoms with E-state index in [1.165, 1.54) is 17.0 Å². The molecule has 0 aromatic heterocycles. The molecule has 1 amide bonds. The standard InChI is InChI=1S/C19H18FNO4/c20-15-8-4-7-14(9-15)16-10-21(11-17(16)18(22)23)19(24)25-12-13-5-2-1-3-6-13/h1-9,16-17H,10-12H2,(H,22,23)/t16-,17+/m0/s1. The van der Waals surface area contributed by atoms with Crippen LogP contribution in [0.25, 0.3) is 0 Å². The third-order valence-electron chi connectivity index (χ3n) is 4.38. The monoisotopic (exact) mass is 343 g/mol. The molecule has 6 heteroatoms. The lowest BCUT2D eigenvalue weighted by Gasteiger charge is -2.16. The molecule has 1 saturated heterocycles. The Hall–Kier alpha value is -2.89. The summed E-state index contributed by atoms with van der Waals surface area (Å²) in [6.07, 6.45) is -0.561. The lowest BCUT2D eigenvalue weighted by molar-refractivity contribution is -0.141. The molecular weight excluding hydrogens is 325 g/mol. The van der Waals surface area contributed by atoms with Gasteiger partial charge in [-0.1, -0.05) is 42.5 Å². The molecule has 1 fully saturated rings. The second-order valence-corrected chi connectivity index (χ2v) is 6.05. The van der Waals surface area contributed by atoms with Crippen molar-refractivity contribution in [2.75, 3.05) is 13.1 Å². The molecule has 1 aliphatic heterocycles. The van der Waals surface area contributed by atoms with E-state index in [1.807, 2.05) is 30.3 Å². The van der Waals surface area contributed by atoms with E-state index in [0.717, 1.165) is 5.56 Å². The first-order valence-corrected chi connectivity index (χ1v) is 7.98. The largest absolute Gasteiger partial charge is 0.481 e. The fourth-order valence-corrected chi connectivity index (χ4v) is 3.09. The summed E-state index contributed by atoms with van der Waals surface area (Å²) in [6, 6.07) is 15.1.